The SMILES string of the molecule is CC/C=C\C/C=C\C/C=C\C/C=C\C/C=C\C/C=C\C/C=C\CCCCCCCCCC(=O)OC(COC(=O)CCCCCCCCCCCCCCCCC/C=C\C/C=C\CCCCCCC)COP(=O)(O)OCC[N+](C)(C)C. The summed E-state index contributed by atoms with van der Waals surface area (Å²) in [6, 6.07) is 0. The first-order valence-corrected chi connectivity index (χ1v) is 34.1. The minimum atomic E-state index is -4.40. The molecule has 460 valence electrons. The molecule has 0 saturated heterocycles. The maximum absolute atomic E-state index is 12.9. The quantitative estimate of drug-likeness (QED) is 0.0211. The number of carbonyl (C=O) groups is 2. The zero-order valence-corrected chi connectivity index (χ0v) is 53.2. The average Bonchev–Trinajstić information content (AvgIpc) is 3.42. The van der Waals surface area contributed by atoms with Crippen molar-refractivity contribution in [1.82, 2.24) is 0 Å². The van der Waals surface area contributed by atoms with Crippen LogP contribution in [0.1, 0.15) is 271 Å². The first kappa shape index (κ1) is 76.7. The van der Waals surface area contributed by atoms with E-state index in [9.17, 15) is 19.0 Å². The number of ether oxygens (including phenoxy) is 2. The van der Waals surface area contributed by atoms with Gasteiger partial charge in [0.05, 0.1) is 27.7 Å². The van der Waals surface area contributed by atoms with Gasteiger partial charge in [0.25, 0.3) is 0 Å². The summed E-state index contributed by atoms with van der Waals surface area (Å²) in [5, 5.41) is 0. The number of carbonyl (C=O) groups excluding carboxylic acids is 2. The zero-order valence-electron chi connectivity index (χ0n) is 52.3. The van der Waals surface area contributed by atoms with Gasteiger partial charge < -0.3 is 18.9 Å². The highest BCUT2D eigenvalue weighted by Gasteiger charge is 2.27. The van der Waals surface area contributed by atoms with Crippen LogP contribution in [0, 0.1) is 0 Å². The lowest BCUT2D eigenvalue weighted by molar-refractivity contribution is -0.870. The van der Waals surface area contributed by atoms with E-state index in [2.05, 4.69) is 123 Å². The molecule has 0 aromatic rings. The maximum Gasteiger partial charge on any atom is 0.472 e. The number of allylic oxidation sites excluding steroid dienone is 18. The summed E-state index contributed by atoms with van der Waals surface area (Å²) in [7, 11) is 1.46. The van der Waals surface area contributed by atoms with Crippen molar-refractivity contribution in [1.29, 1.82) is 0 Å². The van der Waals surface area contributed by atoms with Crippen LogP contribution in [0.3, 0.4) is 0 Å². The van der Waals surface area contributed by atoms with Gasteiger partial charge in [0.1, 0.15) is 19.8 Å². The topological polar surface area (TPSA) is 108 Å². The first-order chi connectivity index (χ1) is 39.0. The molecule has 2 unspecified atom stereocenters. The molecular formula is C70H123NO8P+. The van der Waals surface area contributed by atoms with Gasteiger partial charge in [0, 0.05) is 12.8 Å². The maximum atomic E-state index is 12.9. The molecule has 0 aromatic carbocycles. The molecule has 0 amide bonds. The number of unbranched alkanes of at least 4 members (excludes halogenated alkanes) is 27. The minimum Gasteiger partial charge on any atom is -0.462 e. The van der Waals surface area contributed by atoms with E-state index in [0.29, 0.717) is 17.4 Å². The number of hydrogen-bond donors (Lipinski definition) is 1. The largest absolute Gasteiger partial charge is 0.472 e. The summed E-state index contributed by atoms with van der Waals surface area (Å²) in [5.41, 5.74) is 0. The van der Waals surface area contributed by atoms with Crippen molar-refractivity contribution in [3.63, 3.8) is 0 Å². The number of esters is 2. The second-order valence-corrected chi connectivity index (χ2v) is 24.2. The standard InChI is InChI=1S/C70H122NO8P/c1-6-8-10-12-14-16-18-20-22-24-26-28-30-32-34-35-37-39-41-43-45-47-49-51-53-55-57-59-61-63-70(73)79-68(67-78-80(74,75)77-65-64-71(3,4)5)66-76-69(72)62-60-58-56-54-52-50-48-46-44-42-40-38-36-33-31-29-27-25-23-21-19-17-15-13-11-9-7-2/h8,10,14,16,19-22,25-28,32,34,37,39,43,45,68H,6-7,9,11-13,15,17-18,23-24,29-31,33,35-36,38,40-42,44,46-67H2,1-5H3/p+1/b10-8-,16-14-,21-19-,22-20-,27-25-,28-26-,34-32-,39-37-,45-43-. The Kier molecular flexibility index (Phi) is 57.8. The van der Waals surface area contributed by atoms with Gasteiger partial charge in [0.2, 0.25) is 0 Å². The van der Waals surface area contributed by atoms with E-state index in [4.69, 9.17) is 18.5 Å². The van der Waals surface area contributed by atoms with Crippen molar-refractivity contribution in [3.8, 4) is 0 Å². The molecule has 0 aromatic heterocycles. The van der Waals surface area contributed by atoms with Gasteiger partial charge in [-0.1, -0.05) is 264 Å². The predicted molar refractivity (Wildman–Crippen MR) is 344 cm³/mol. The Balaban J connectivity index is 4.15. The lowest BCUT2D eigenvalue weighted by atomic mass is 10.0. The third-order valence-electron chi connectivity index (χ3n) is 13.8. The Morgan fingerprint density at radius 2 is 0.713 bits per heavy atom. The van der Waals surface area contributed by atoms with Crippen LogP contribution >= 0.6 is 7.82 Å². The molecule has 0 aliphatic rings. The number of rotatable bonds is 59. The monoisotopic (exact) mass is 1140 g/mol. The molecule has 9 nitrogen and oxygen atoms in total. The summed E-state index contributed by atoms with van der Waals surface area (Å²) in [5.74, 6) is -0.810. The van der Waals surface area contributed by atoms with Crippen molar-refractivity contribution >= 4 is 19.8 Å². The van der Waals surface area contributed by atoms with Crippen LogP contribution in [0.5, 0.6) is 0 Å². The molecule has 0 rings (SSSR count). The number of quaternary nitrogens is 1. The molecule has 0 radical (unpaired) electrons. The Morgan fingerprint density at radius 3 is 1.06 bits per heavy atom. The molecule has 0 aliphatic carbocycles. The van der Waals surface area contributed by atoms with Crippen LogP contribution in [0.25, 0.3) is 0 Å². The number of phosphoric ester groups is 1. The van der Waals surface area contributed by atoms with E-state index in [0.717, 1.165) is 96.3 Å². The van der Waals surface area contributed by atoms with Gasteiger partial charge in [0.15, 0.2) is 6.10 Å². The van der Waals surface area contributed by atoms with E-state index in [1.54, 1.807) is 0 Å². The van der Waals surface area contributed by atoms with Gasteiger partial charge in [-0.05, 0) is 103 Å². The molecule has 10 heteroatoms. The predicted octanol–water partition coefficient (Wildman–Crippen LogP) is 20.9. The van der Waals surface area contributed by atoms with E-state index < -0.39 is 26.5 Å². The third kappa shape index (κ3) is 63.8. The second kappa shape index (κ2) is 60.3. The van der Waals surface area contributed by atoms with Crippen LogP contribution in [0.4, 0.5) is 0 Å². The highest BCUT2D eigenvalue weighted by molar-refractivity contribution is 7.47. The fourth-order valence-corrected chi connectivity index (χ4v) is 9.53. The van der Waals surface area contributed by atoms with Crippen LogP contribution in [-0.4, -0.2) is 74.9 Å². The molecule has 0 spiro atoms. The van der Waals surface area contributed by atoms with Gasteiger partial charge >= 0.3 is 19.8 Å². The minimum absolute atomic E-state index is 0.0245. The fourth-order valence-electron chi connectivity index (χ4n) is 8.79. The smallest absolute Gasteiger partial charge is 0.462 e. The number of phosphoric acid groups is 1. The van der Waals surface area contributed by atoms with Crippen molar-refractivity contribution in [2.75, 3.05) is 47.5 Å². The molecule has 0 bridgehead atoms. The van der Waals surface area contributed by atoms with E-state index >= 15 is 0 Å². The molecule has 0 aliphatic heterocycles. The molecule has 0 heterocycles. The van der Waals surface area contributed by atoms with Crippen LogP contribution in [0.15, 0.2) is 109 Å². The van der Waals surface area contributed by atoms with E-state index in [1.807, 2.05) is 21.1 Å². The summed E-state index contributed by atoms with van der Waals surface area (Å²) in [6.45, 7) is 4.31. The number of nitrogens with zero attached hydrogens (tertiary/aromatic N) is 1. The number of likely N-dealkylation sites (N-methyl/N-ethyl adjacent to an activating group) is 1. The van der Waals surface area contributed by atoms with Crippen LogP contribution in [0.2, 0.25) is 0 Å². The van der Waals surface area contributed by atoms with Crippen molar-refractivity contribution in [2.45, 2.75) is 277 Å². The van der Waals surface area contributed by atoms with E-state index in [-0.39, 0.29) is 32.0 Å². The summed E-state index contributed by atoms with van der Waals surface area (Å²) >= 11 is 0. The lowest BCUT2D eigenvalue weighted by Crippen LogP contribution is -2.37. The molecule has 0 fully saturated rings. The van der Waals surface area contributed by atoms with E-state index in [1.165, 1.54) is 141 Å². The Bertz CT molecular complexity index is 1720. The fraction of sp³-hybridized carbons (Fsp3) is 0.714. The van der Waals surface area contributed by atoms with Crippen LogP contribution < -0.4 is 0 Å². The zero-order chi connectivity index (χ0) is 58.4. The van der Waals surface area contributed by atoms with Gasteiger partial charge in [-0.3, -0.25) is 18.6 Å². The second-order valence-electron chi connectivity index (χ2n) is 22.8. The van der Waals surface area contributed by atoms with Gasteiger partial charge in [-0.25, -0.2) is 4.57 Å². The Labute approximate surface area is 493 Å². The van der Waals surface area contributed by atoms with Crippen molar-refractivity contribution in [3.05, 3.63) is 109 Å². The summed E-state index contributed by atoms with van der Waals surface area (Å²) < 4.78 is 34.7. The van der Waals surface area contributed by atoms with Gasteiger partial charge in [-0.15, -0.1) is 0 Å². The third-order valence-corrected chi connectivity index (χ3v) is 14.8. The van der Waals surface area contributed by atoms with Gasteiger partial charge in [-0.2, -0.15) is 0 Å². The number of hydrogen-bond acceptors (Lipinski definition) is 7. The summed E-state index contributed by atoms with van der Waals surface area (Å²) in [4.78, 5) is 35.8. The highest BCUT2D eigenvalue weighted by atomic mass is 31.2. The highest BCUT2D eigenvalue weighted by Crippen LogP contribution is 2.43. The normalized spacial score (nSPS) is 13.9. The Morgan fingerprint density at radius 1 is 0.400 bits per heavy atom. The first-order valence-electron chi connectivity index (χ1n) is 32.6. The molecule has 1 N–H and O–H groups in total. The molecule has 0 saturated carbocycles. The summed E-state index contributed by atoms with van der Waals surface area (Å²) in [6.07, 6.45) is 84.5. The van der Waals surface area contributed by atoms with Crippen molar-refractivity contribution < 1.29 is 42.1 Å². The van der Waals surface area contributed by atoms with Crippen LogP contribution in [-0.2, 0) is 32.7 Å². The van der Waals surface area contributed by atoms with Crippen molar-refractivity contribution in [2.24, 2.45) is 0 Å². The molecule has 80 heavy (non-hydrogen) atoms. The molecular weight excluding hydrogens is 1010 g/mol. The lowest BCUT2D eigenvalue weighted by Gasteiger charge is -2.24. The molecule has 2 atom stereocenters. The Hall–Kier alpha value is -3.33. The average molecular weight is 1140 g/mol.